The highest BCUT2D eigenvalue weighted by Gasteiger charge is 2.16. The summed E-state index contributed by atoms with van der Waals surface area (Å²) >= 11 is 6.03. The lowest BCUT2D eigenvalue weighted by atomic mass is 10.1. The first-order valence-electron chi connectivity index (χ1n) is 8.28. The van der Waals surface area contributed by atoms with Crippen molar-refractivity contribution in [2.75, 3.05) is 0 Å². The van der Waals surface area contributed by atoms with Crippen molar-refractivity contribution in [1.29, 1.82) is 0 Å². The molecular formula is C20H18ClN3O3. The number of amides is 2. The Morgan fingerprint density at radius 2 is 1.78 bits per heavy atom. The number of aryl methyl sites for hydroxylation is 1. The molecule has 0 saturated heterocycles. The van der Waals surface area contributed by atoms with Crippen LogP contribution in [0.4, 0.5) is 0 Å². The van der Waals surface area contributed by atoms with E-state index < -0.39 is 5.91 Å². The Hall–Kier alpha value is -3.12. The first kappa shape index (κ1) is 18.7. The molecule has 1 atom stereocenters. The van der Waals surface area contributed by atoms with Gasteiger partial charge < -0.3 is 15.6 Å². The second kappa shape index (κ2) is 7.25. The van der Waals surface area contributed by atoms with Crippen LogP contribution in [0.15, 0.2) is 53.3 Å². The molecule has 0 saturated carbocycles. The maximum absolute atomic E-state index is 12.7. The molecular weight excluding hydrogens is 366 g/mol. The van der Waals surface area contributed by atoms with Crippen molar-refractivity contribution in [3.05, 3.63) is 80.6 Å². The molecule has 1 heterocycles. The topological polar surface area (TPSA) is 94.2 Å². The number of nitrogens with two attached hydrogens (primary N) is 1. The van der Waals surface area contributed by atoms with E-state index in [4.69, 9.17) is 17.3 Å². The lowest BCUT2D eigenvalue weighted by Gasteiger charge is -2.17. The molecule has 3 N–H and O–H groups in total. The number of primary amides is 1. The molecule has 0 aliphatic rings. The maximum atomic E-state index is 12.7. The molecule has 1 aromatic heterocycles. The Morgan fingerprint density at radius 1 is 1.11 bits per heavy atom. The van der Waals surface area contributed by atoms with Crippen LogP contribution in [0, 0.1) is 0 Å². The summed E-state index contributed by atoms with van der Waals surface area (Å²) in [5, 5.41) is 3.84. The van der Waals surface area contributed by atoms with E-state index in [0.717, 1.165) is 5.56 Å². The molecule has 7 heteroatoms. The number of rotatable bonds is 4. The SMILES string of the molecule is CC(NC(=O)c1cc(=O)c2ccc(Cl)cc2n1C)c1ccc(C(N)=O)cc1. The minimum atomic E-state index is -0.511. The standard InChI is InChI=1S/C20H18ClN3O3/c1-11(12-3-5-13(6-4-12)19(22)26)23-20(27)17-10-18(25)15-8-7-14(21)9-16(15)24(17)2/h3-11H,1-2H3,(H2,22,26)(H,23,27). The van der Waals surface area contributed by atoms with E-state index in [1.54, 1.807) is 54.1 Å². The van der Waals surface area contributed by atoms with Gasteiger partial charge in [0.05, 0.1) is 11.6 Å². The smallest absolute Gasteiger partial charge is 0.268 e. The van der Waals surface area contributed by atoms with Gasteiger partial charge in [-0.1, -0.05) is 23.7 Å². The summed E-state index contributed by atoms with van der Waals surface area (Å²) in [5.41, 5.74) is 7.00. The number of halogens is 1. The molecule has 3 aromatic rings. The fraction of sp³-hybridized carbons (Fsp3) is 0.150. The van der Waals surface area contributed by atoms with E-state index in [1.165, 1.54) is 6.07 Å². The van der Waals surface area contributed by atoms with E-state index in [-0.39, 0.29) is 23.1 Å². The van der Waals surface area contributed by atoms with Crippen molar-refractivity contribution < 1.29 is 9.59 Å². The number of carbonyl (C=O) groups is 2. The highest BCUT2D eigenvalue weighted by Crippen LogP contribution is 2.19. The van der Waals surface area contributed by atoms with Gasteiger partial charge in [0.25, 0.3) is 5.91 Å². The molecule has 138 valence electrons. The number of fused-ring (bicyclic) bond motifs is 1. The second-order valence-corrected chi connectivity index (χ2v) is 6.73. The maximum Gasteiger partial charge on any atom is 0.268 e. The molecule has 0 radical (unpaired) electrons. The van der Waals surface area contributed by atoms with Gasteiger partial charge in [-0.3, -0.25) is 14.4 Å². The van der Waals surface area contributed by atoms with Crippen LogP contribution in [0.2, 0.25) is 5.02 Å². The van der Waals surface area contributed by atoms with E-state index in [1.807, 2.05) is 6.92 Å². The van der Waals surface area contributed by atoms with Crippen LogP contribution >= 0.6 is 11.6 Å². The fourth-order valence-electron chi connectivity index (χ4n) is 2.93. The van der Waals surface area contributed by atoms with Crippen molar-refractivity contribution in [2.45, 2.75) is 13.0 Å². The first-order valence-corrected chi connectivity index (χ1v) is 8.65. The van der Waals surface area contributed by atoms with E-state index in [2.05, 4.69) is 5.32 Å². The van der Waals surface area contributed by atoms with Gasteiger partial charge in [0.15, 0.2) is 5.43 Å². The quantitative estimate of drug-likeness (QED) is 0.725. The summed E-state index contributed by atoms with van der Waals surface area (Å²) in [7, 11) is 1.71. The number of carbonyl (C=O) groups excluding carboxylic acids is 2. The monoisotopic (exact) mass is 383 g/mol. The normalized spacial score (nSPS) is 12.0. The van der Waals surface area contributed by atoms with Crippen LogP contribution in [0.5, 0.6) is 0 Å². The number of pyridine rings is 1. The third kappa shape index (κ3) is 3.71. The minimum Gasteiger partial charge on any atom is -0.366 e. The van der Waals surface area contributed by atoms with Gasteiger partial charge in [0.2, 0.25) is 5.91 Å². The number of hydrogen-bond acceptors (Lipinski definition) is 3. The summed E-state index contributed by atoms with van der Waals surface area (Å²) in [4.78, 5) is 36.2. The first-order chi connectivity index (χ1) is 12.8. The predicted molar refractivity (Wildman–Crippen MR) is 105 cm³/mol. The number of nitrogens with one attached hydrogen (secondary N) is 1. The molecule has 0 spiro atoms. The summed E-state index contributed by atoms with van der Waals surface area (Å²) in [6, 6.07) is 12.6. The molecule has 0 aliphatic heterocycles. The van der Waals surface area contributed by atoms with E-state index in [0.29, 0.717) is 21.5 Å². The van der Waals surface area contributed by atoms with Crippen LogP contribution < -0.4 is 16.5 Å². The Morgan fingerprint density at radius 3 is 2.41 bits per heavy atom. The van der Waals surface area contributed by atoms with Crippen molar-refractivity contribution >= 4 is 34.3 Å². The molecule has 0 bridgehead atoms. The van der Waals surface area contributed by atoms with Crippen LogP contribution in [0.3, 0.4) is 0 Å². The zero-order chi connectivity index (χ0) is 19.7. The van der Waals surface area contributed by atoms with Gasteiger partial charge in [-0.25, -0.2) is 0 Å². The molecule has 1 unspecified atom stereocenters. The highest BCUT2D eigenvalue weighted by molar-refractivity contribution is 6.31. The number of aromatic nitrogens is 1. The van der Waals surface area contributed by atoms with Gasteiger partial charge in [-0.15, -0.1) is 0 Å². The molecule has 0 fully saturated rings. The molecule has 27 heavy (non-hydrogen) atoms. The zero-order valence-electron chi connectivity index (χ0n) is 14.8. The van der Waals surface area contributed by atoms with Crippen LogP contribution in [0.1, 0.15) is 39.4 Å². The van der Waals surface area contributed by atoms with Gasteiger partial charge in [0.1, 0.15) is 5.69 Å². The molecule has 2 aromatic carbocycles. The number of hydrogen-bond donors (Lipinski definition) is 2. The Labute approximate surface area is 160 Å². The van der Waals surface area contributed by atoms with Crippen LogP contribution in [-0.2, 0) is 7.05 Å². The van der Waals surface area contributed by atoms with Crippen molar-refractivity contribution in [3.8, 4) is 0 Å². The van der Waals surface area contributed by atoms with E-state index in [9.17, 15) is 14.4 Å². The summed E-state index contributed by atoms with van der Waals surface area (Å²) in [6.07, 6.45) is 0. The lowest BCUT2D eigenvalue weighted by molar-refractivity contribution is 0.0930. The Bertz CT molecular complexity index is 1100. The second-order valence-electron chi connectivity index (χ2n) is 6.30. The van der Waals surface area contributed by atoms with Gasteiger partial charge in [-0.2, -0.15) is 0 Å². The predicted octanol–water partition coefficient (Wildman–Crippen LogP) is 2.78. The summed E-state index contributed by atoms with van der Waals surface area (Å²) in [6.45, 7) is 1.81. The summed E-state index contributed by atoms with van der Waals surface area (Å²) < 4.78 is 1.64. The van der Waals surface area contributed by atoms with Crippen LogP contribution in [-0.4, -0.2) is 16.4 Å². The van der Waals surface area contributed by atoms with Crippen molar-refractivity contribution in [1.82, 2.24) is 9.88 Å². The number of benzene rings is 2. The average Bonchev–Trinajstić information content (AvgIpc) is 2.64. The molecule has 3 rings (SSSR count). The van der Waals surface area contributed by atoms with E-state index >= 15 is 0 Å². The third-order valence-electron chi connectivity index (χ3n) is 4.49. The largest absolute Gasteiger partial charge is 0.366 e. The number of nitrogens with zero attached hydrogens (tertiary/aromatic N) is 1. The Kier molecular flexibility index (Phi) is 5.01. The van der Waals surface area contributed by atoms with Gasteiger partial charge in [-0.05, 0) is 42.8 Å². The highest BCUT2D eigenvalue weighted by atomic mass is 35.5. The Balaban J connectivity index is 1.90. The zero-order valence-corrected chi connectivity index (χ0v) is 15.6. The molecule has 6 nitrogen and oxygen atoms in total. The lowest BCUT2D eigenvalue weighted by Crippen LogP contribution is -2.30. The molecule has 2 amide bonds. The van der Waals surface area contributed by atoms with Crippen molar-refractivity contribution in [2.24, 2.45) is 12.8 Å². The fourth-order valence-corrected chi connectivity index (χ4v) is 3.09. The molecule has 0 aliphatic carbocycles. The average molecular weight is 384 g/mol. The van der Waals surface area contributed by atoms with Crippen LogP contribution in [0.25, 0.3) is 10.9 Å². The van der Waals surface area contributed by atoms with Gasteiger partial charge >= 0.3 is 0 Å². The summed E-state index contributed by atoms with van der Waals surface area (Å²) in [5.74, 6) is -0.897. The minimum absolute atomic E-state index is 0.232. The third-order valence-corrected chi connectivity index (χ3v) is 4.73. The van der Waals surface area contributed by atoms with Gasteiger partial charge in [0, 0.05) is 29.1 Å². The van der Waals surface area contributed by atoms with Crippen molar-refractivity contribution in [3.63, 3.8) is 0 Å².